The molecule has 0 aromatic heterocycles. The van der Waals surface area contributed by atoms with Crippen LogP contribution in [0.25, 0.3) is 0 Å². The van der Waals surface area contributed by atoms with E-state index in [1.807, 2.05) is 21.9 Å². The van der Waals surface area contributed by atoms with E-state index in [0.717, 1.165) is 51.3 Å². The first-order chi connectivity index (χ1) is 15.6. The highest BCUT2D eigenvalue weighted by Crippen LogP contribution is 2.26. The number of nitrogens with one attached hydrogen (secondary N) is 2. The lowest BCUT2D eigenvalue weighted by Crippen LogP contribution is -2.45. The van der Waals surface area contributed by atoms with Gasteiger partial charge in [0.05, 0.1) is 0 Å². The fourth-order valence-corrected chi connectivity index (χ4v) is 5.21. The van der Waals surface area contributed by atoms with Crippen LogP contribution in [-0.4, -0.2) is 60.3 Å². The second-order valence-electron chi connectivity index (χ2n) is 9.36. The topological polar surface area (TPSA) is 77.0 Å². The van der Waals surface area contributed by atoms with Crippen molar-refractivity contribution in [1.29, 1.82) is 0 Å². The van der Waals surface area contributed by atoms with Crippen LogP contribution >= 0.6 is 0 Å². The summed E-state index contributed by atoms with van der Waals surface area (Å²) in [5.41, 5.74) is 2.35. The summed E-state index contributed by atoms with van der Waals surface area (Å²) in [7, 11) is 1.78. The Balaban J connectivity index is 1.28. The molecule has 2 saturated heterocycles. The van der Waals surface area contributed by atoms with E-state index >= 15 is 0 Å². The van der Waals surface area contributed by atoms with Crippen LogP contribution in [0, 0.1) is 5.92 Å². The average Bonchev–Trinajstić information content (AvgIpc) is 3.46. The van der Waals surface area contributed by atoms with E-state index in [9.17, 15) is 9.59 Å². The van der Waals surface area contributed by atoms with Crippen LogP contribution in [0.5, 0.6) is 0 Å². The Hall–Kier alpha value is -2.57. The minimum Gasteiger partial charge on any atom is -0.352 e. The van der Waals surface area contributed by atoms with Crippen LogP contribution in [0.2, 0.25) is 0 Å². The number of carbonyl (C=O) groups is 2. The Bertz CT molecular complexity index is 833. The van der Waals surface area contributed by atoms with Crippen LogP contribution in [-0.2, 0) is 22.7 Å². The van der Waals surface area contributed by atoms with Crippen LogP contribution in [0.4, 0.5) is 0 Å². The van der Waals surface area contributed by atoms with Crippen molar-refractivity contribution in [3.8, 4) is 0 Å². The minimum atomic E-state index is 0.228. The van der Waals surface area contributed by atoms with E-state index in [4.69, 9.17) is 0 Å². The number of hydrogen-bond acceptors (Lipinski definition) is 3. The molecule has 0 radical (unpaired) electrons. The second-order valence-corrected chi connectivity index (χ2v) is 9.36. The Labute approximate surface area is 191 Å². The number of benzene rings is 1. The molecule has 2 heterocycles. The van der Waals surface area contributed by atoms with Crippen LogP contribution in [0.3, 0.4) is 0 Å². The molecule has 1 aromatic rings. The molecule has 174 valence electrons. The molecule has 7 nitrogen and oxygen atoms in total. The molecule has 2 N–H and O–H groups in total. The van der Waals surface area contributed by atoms with Crippen molar-refractivity contribution < 1.29 is 9.59 Å². The molecule has 2 amide bonds. The third kappa shape index (κ3) is 5.61. The Morgan fingerprint density at radius 2 is 1.84 bits per heavy atom. The normalized spacial score (nSPS) is 22.5. The molecule has 0 spiro atoms. The smallest absolute Gasteiger partial charge is 0.225 e. The van der Waals surface area contributed by atoms with Crippen molar-refractivity contribution >= 4 is 17.8 Å². The van der Waals surface area contributed by atoms with Crippen LogP contribution in [0.1, 0.15) is 62.5 Å². The van der Waals surface area contributed by atoms with E-state index in [-0.39, 0.29) is 17.9 Å². The van der Waals surface area contributed by atoms with Crippen molar-refractivity contribution in [3.63, 3.8) is 0 Å². The molecule has 1 unspecified atom stereocenters. The van der Waals surface area contributed by atoms with Gasteiger partial charge in [0.2, 0.25) is 11.8 Å². The van der Waals surface area contributed by atoms with Gasteiger partial charge in [0.1, 0.15) is 0 Å². The summed E-state index contributed by atoms with van der Waals surface area (Å²) < 4.78 is 0. The number of aliphatic imine (C=N–C) groups is 1. The van der Waals surface area contributed by atoms with E-state index in [2.05, 4.69) is 27.8 Å². The number of likely N-dealkylation sites (tertiary alicyclic amines) is 2. The van der Waals surface area contributed by atoms with Gasteiger partial charge in [0, 0.05) is 58.2 Å². The van der Waals surface area contributed by atoms with Gasteiger partial charge in [-0.1, -0.05) is 43.5 Å². The van der Waals surface area contributed by atoms with E-state index < -0.39 is 0 Å². The van der Waals surface area contributed by atoms with Crippen molar-refractivity contribution in [1.82, 2.24) is 20.4 Å². The fraction of sp³-hybridized carbons (Fsp3) is 0.640. The standard InChI is InChI=1S/C25H37N5O2/c1-26-25(28-22-13-15-30(18-22)24(32)19-8-3-2-4-9-19)27-16-20-10-5-6-11-21(20)17-29-14-7-12-23(29)31/h5-6,10-11,19,22H,2-4,7-9,12-18H2,1H3,(H2,26,27,28). The Kier molecular flexibility index (Phi) is 7.66. The van der Waals surface area contributed by atoms with Gasteiger partial charge < -0.3 is 20.4 Å². The summed E-state index contributed by atoms with van der Waals surface area (Å²) in [5, 5.41) is 6.93. The quantitative estimate of drug-likeness (QED) is 0.528. The summed E-state index contributed by atoms with van der Waals surface area (Å²) in [6.07, 6.45) is 8.33. The largest absolute Gasteiger partial charge is 0.352 e. The predicted molar refractivity (Wildman–Crippen MR) is 126 cm³/mol. The number of hydrogen-bond donors (Lipinski definition) is 2. The first-order valence-corrected chi connectivity index (χ1v) is 12.2. The van der Waals surface area contributed by atoms with Gasteiger partial charge in [0.25, 0.3) is 0 Å². The molecule has 2 aliphatic heterocycles. The lowest BCUT2D eigenvalue weighted by Gasteiger charge is -2.26. The molecule has 32 heavy (non-hydrogen) atoms. The number of amides is 2. The average molecular weight is 440 g/mol. The van der Waals surface area contributed by atoms with Gasteiger partial charge in [-0.2, -0.15) is 0 Å². The zero-order chi connectivity index (χ0) is 22.3. The Morgan fingerprint density at radius 3 is 2.56 bits per heavy atom. The molecule has 1 aliphatic carbocycles. The maximum atomic E-state index is 12.8. The van der Waals surface area contributed by atoms with Gasteiger partial charge >= 0.3 is 0 Å². The number of rotatable bonds is 6. The molecule has 0 bridgehead atoms. The lowest BCUT2D eigenvalue weighted by atomic mass is 9.88. The van der Waals surface area contributed by atoms with Gasteiger partial charge in [-0.05, 0) is 36.8 Å². The number of nitrogens with zero attached hydrogens (tertiary/aromatic N) is 3. The maximum absolute atomic E-state index is 12.8. The summed E-state index contributed by atoms with van der Waals surface area (Å²) >= 11 is 0. The van der Waals surface area contributed by atoms with Gasteiger partial charge in [-0.3, -0.25) is 14.6 Å². The molecule has 3 fully saturated rings. The number of guanidine groups is 1. The second kappa shape index (κ2) is 10.8. The van der Waals surface area contributed by atoms with Gasteiger partial charge in [-0.15, -0.1) is 0 Å². The van der Waals surface area contributed by atoms with Crippen molar-refractivity contribution in [2.45, 2.75) is 70.5 Å². The molecular weight excluding hydrogens is 402 g/mol. The fourth-order valence-electron chi connectivity index (χ4n) is 5.21. The Morgan fingerprint density at radius 1 is 1.06 bits per heavy atom. The van der Waals surface area contributed by atoms with Crippen LogP contribution < -0.4 is 10.6 Å². The lowest BCUT2D eigenvalue weighted by molar-refractivity contribution is -0.135. The molecule has 7 heteroatoms. The number of carbonyl (C=O) groups excluding carboxylic acids is 2. The highest BCUT2D eigenvalue weighted by molar-refractivity contribution is 5.81. The van der Waals surface area contributed by atoms with Crippen molar-refractivity contribution in [3.05, 3.63) is 35.4 Å². The molecular formula is C25H37N5O2. The van der Waals surface area contributed by atoms with Crippen LogP contribution in [0.15, 0.2) is 29.3 Å². The van der Waals surface area contributed by atoms with Gasteiger partial charge in [-0.25, -0.2) is 0 Å². The monoisotopic (exact) mass is 439 g/mol. The molecule has 3 aliphatic rings. The van der Waals surface area contributed by atoms with Crippen molar-refractivity contribution in [2.24, 2.45) is 10.9 Å². The van der Waals surface area contributed by atoms with E-state index in [1.54, 1.807) is 7.05 Å². The summed E-state index contributed by atoms with van der Waals surface area (Å²) in [5.74, 6) is 1.59. The summed E-state index contributed by atoms with van der Waals surface area (Å²) in [6, 6.07) is 8.50. The molecule has 1 atom stereocenters. The first kappa shape index (κ1) is 22.6. The summed E-state index contributed by atoms with van der Waals surface area (Å²) in [6.45, 7) is 3.75. The SMILES string of the molecule is CN=C(NCc1ccccc1CN1CCCC1=O)NC1CCN(C(=O)C2CCCCC2)C1. The van der Waals surface area contributed by atoms with Crippen molar-refractivity contribution in [2.75, 3.05) is 26.7 Å². The molecule has 1 saturated carbocycles. The third-order valence-electron chi connectivity index (χ3n) is 7.12. The first-order valence-electron chi connectivity index (χ1n) is 12.2. The highest BCUT2D eigenvalue weighted by Gasteiger charge is 2.31. The van der Waals surface area contributed by atoms with E-state index in [1.165, 1.54) is 30.4 Å². The molecule has 1 aromatic carbocycles. The van der Waals surface area contributed by atoms with E-state index in [0.29, 0.717) is 25.4 Å². The zero-order valence-electron chi connectivity index (χ0n) is 19.3. The highest BCUT2D eigenvalue weighted by atomic mass is 16.2. The van der Waals surface area contributed by atoms with Gasteiger partial charge in [0.15, 0.2) is 5.96 Å². The molecule has 4 rings (SSSR count). The minimum absolute atomic E-state index is 0.228. The third-order valence-corrected chi connectivity index (χ3v) is 7.12. The maximum Gasteiger partial charge on any atom is 0.225 e. The summed E-state index contributed by atoms with van der Waals surface area (Å²) in [4.78, 5) is 33.3. The predicted octanol–water partition coefficient (Wildman–Crippen LogP) is 2.66. The zero-order valence-corrected chi connectivity index (χ0v) is 19.3.